The Hall–Kier alpha value is -2.84. The SMILES string of the molecule is CCOC(=O)C1=C(COCCNC=O)NC(C)=C(C(=O)OC)C1c1ccccc1Cl. The van der Waals surface area contributed by atoms with Crippen molar-refractivity contribution in [1.82, 2.24) is 10.6 Å². The lowest BCUT2D eigenvalue weighted by Crippen LogP contribution is -2.35. The van der Waals surface area contributed by atoms with E-state index < -0.39 is 17.9 Å². The molecule has 1 aliphatic rings. The standard InChI is InChI=1S/C21H25ClN2O6/c1-4-30-21(27)19-16(11-29-10-9-23-12-25)24-13(2)17(20(26)28-3)18(19)14-7-5-6-8-15(14)22/h5-8,12,18,24H,4,9-11H2,1-3H3,(H,23,25). The van der Waals surface area contributed by atoms with E-state index in [0.717, 1.165) is 0 Å². The maximum atomic E-state index is 12.9. The summed E-state index contributed by atoms with van der Waals surface area (Å²) >= 11 is 6.43. The molecule has 1 unspecified atom stereocenters. The van der Waals surface area contributed by atoms with Crippen LogP contribution in [0.4, 0.5) is 0 Å². The molecule has 1 aliphatic heterocycles. The smallest absolute Gasteiger partial charge is 0.336 e. The summed E-state index contributed by atoms with van der Waals surface area (Å²) < 4.78 is 15.8. The van der Waals surface area contributed by atoms with Gasteiger partial charge in [-0.05, 0) is 25.5 Å². The van der Waals surface area contributed by atoms with Crippen molar-refractivity contribution in [3.63, 3.8) is 0 Å². The number of dihydropyridines is 1. The molecule has 1 amide bonds. The van der Waals surface area contributed by atoms with Crippen LogP contribution in [0.25, 0.3) is 0 Å². The molecule has 0 fully saturated rings. The highest BCUT2D eigenvalue weighted by atomic mass is 35.5. The minimum atomic E-state index is -0.793. The number of hydrogen-bond acceptors (Lipinski definition) is 7. The number of nitrogens with one attached hydrogen (secondary N) is 2. The number of rotatable bonds is 10. The molecule has 162 valence electrons. The summed E-state index contributed by atoms with van der Waals surface area (Å²) in [5.74, 6) is -1.96. The summed E-state index contributed by atoms with van der Waals surface area (Å²) in [5.41, 5.74) is 2.03. The Morgan fingerprint density at radius 2 is 1.97 bits per heavy atom. The van der Waals surface area contributed by atoms with Crippen molar-refractivity contribution in [2.24, 2.45) is 0 Å². The lowest BCUT2D eigenvalue weighted by Gasteiger charge is -2.31. The van der Waals surface area contributed by atoms with Gasteiger partial charge < -0.3 is 24.8 Å². The molecule has 0 aliphatic carbocycles. The number of amides is 1. The van der Waals surface area contributed by atoms with Crippen molar-refractivity contribution in [2.45, 2.75) is 19.8 Å². The molecule has 0 spiro atoms. The number of allylic oxidation sites excluding steroid dienone is 1. The second kappa shape index (κ2) is 11.4. The van der Waals surface area contributed by atoms with Crippen molar-refractivity contribution in [3.05, 3.63) is 57.4 Å². The highest BCUT2D eigenvalue weighted by Crippen LogP contribution is 2.41. The minimum absolute atomic E-state index is 0.0431. The fraction of sp³-hybridized carbons (Fsp3) is 0.381. The van der Waals surface area contributed by atoms with Crippen LogP contribution in [0, 0.1) is 0 Å². The van der Waals surface area contributed by atoms with E-state index in [4.69, 9.17) is 25.8 Å². The van der Waals surface area contributed by atoms with Gasteiger partial charge in [0.05, 0.1) is 49.7 Å². The first-order valence-corrected chi connectivity index (χ1v) is 9.79. The van der Waals surface area contributed by atoms with Crippen molar-refractivity contribution in [1.29, 1.82) is 0 Å². The average molecular weight is 437 g/mol. The monoisotopic (exact) mass is 436 g/mol. The van der Waals surface area contributed by atoms with Gasteiger partial charge in [-0.15, -0.1) is 0 Å². The van der Waals surface area contributed by atoms with Gasteiger partial charge in [0.1, 0.15) is 0 Å². The topological polar surface area (TPSA) is 103 Å². The zero-order valence-corrected chi connectivity index (χ0v) is 17.9. The Labute approximate surface area is 180 Å². The summed E-state index contributed by atoms with van der Waals surface area (Å²) in [5, 5.41) is 5.98. The van der Waals surface area contributed by atoms with Gasteiger partial charge in [-0.2, -0.15) is 0 Å². The maximum absolute atomic E-state index is 12.9. The van der Waals surface area contributed by atoms with E-state index in [9.17, 15) is 14.4 Å². The molecule has 0 bridgehead atoms. The molecule has 0 aromatic heterocycles. The molecule has 0 radical (unpaired) electrons. The molecule has 2 rings (SSSR count). The maximum Gasteiger partial charge on any atom is 0.336 e. The van der Waals surface area contributed by atoms with Crippen LogP contribution in [0.15, 0.2) is 46.8 Å². The van der Waals surface area contributed by atoms with Gasteiger partial charge in [0, 0.05) is 17.3 Å². The summed E-state index contributed by atoms with van der Waals surface area (Å²) in [4.78, 5) is 36.0. The second-order valence-corrected chi connectivity index (χ2v) is 6.75. The third kappa shape index (κ3) is 5.40. The highest BCUT2D eigenvalue weighted by Gasteiger charge is 2.39. The lowest BCUT2D eigenvalue weighted by molar-refractivity contribution is -0.139. The Morgan fingerprint density at radius 1 is 1.23 bits per heavy atom. The number of esters is 2. The van der Waals surface area contributed by atoms with Crippen LogP contribution < -0.4 is 10.6 Å². The highest BCUT2D eigenvalue weighted by molar-refractivity contribution is 6.31. The Bertz CT molecular complexity index is 865. The van der Waals surface area contributed by atoms with Gasteiger partial charge in [0.25, 0.3) is 0 Å². The summed E-state index contributed by atoms with van der Waals surface area (Å²) in [7, 11) is 1.28. The molecular formula is C21H25ClN2O6. The zero-order chi connectivity index (χ0) is 22.1. The van der Waals surface area contributed by atoms with Crippen LogP contribution in [0.1, 0.15) is 25.3 Å². The predicted molar refractivity (Wildman–Crippen MR) is 111 cm³/mol. The number of hydrogen-bond donors (Lipinski definition) is 2. The van der Waals surface area contributed by atoms with E-state index in [1.165, 1.54) is 7.11 Å². The largest absolute Gasteiger partial charge is 0.466 e. The number of halogens is 1. The number of ether oxygens (including phenoxy) is 3. The van der Waals surface area contributed by atoms with Crippen LogP contribution in [-0.2, 0) is 28.6 Å². The van der Waals surface area contributed by atoms with E-state index in [-0.39, 0.29) is 31.0 Å². The lowest BCUT2D eigenvalue weighted by atomic mass is 9.80. The zero-order valence-electron chi connectivity index (χ0n) is 17.1. The summed E-state index contributed by atoms with van der Waals surface area (Å²) in [6.07, 6.45) is 0.578. The van der Waals surface area contributed by atoms with E-state index in [1.807, 2.05) is 0 Å². The molecule has 9 heteroatoms. The molecule has 8 nitrogen and oxygen atoms in total. The fourth-order valence-corrected chi connectivity index (χ4v) is 3.47. The molecule has 1 aromatic carbocycles. The van der Waals surface area contributed by atoms with E-state index in [2.05, 4.69) is 10.6 Å². The summed E-state index contributed by atoms with van der Waals surface area (Å²) in [6.45, 7) is 4.17. The number of carbonyl (C=O) groups is 3. The van der Waals surface area contributed by atoms with Crippen LogP contribution >= 0.6 is 11.6 Å². The first kappa shape index (κ1) is 23.4. The molecule has 30 heavy (non-hydrogen) atoms. The van der Waals surface area contributed by atoms with Crippen molar-refractivity contribution in [2.75, 3.05) is 33.5 Å². The van der Waals surface area contributed by atoms with Crippen molar-refractivity contribution in [3.8, 4) is 0 Å². The fourth-order valence-electron chi connectivity index (χ4n) is 3.23. The average Bonchev–Trinajstić information content (AvgIpc) is 2.73. The van der Waals surface area contributed by atoms with Crippen molar-refractivity contribution >= 4 is 29.9 Å². The molecule has 0 saturated carbocycles. The first-order chi connectivity index (χ1) is 14.5. The van der Waals surface area contributed by atoms with Gasteiger partial charge in [-0.25, -0.2) is 9.59 Å². The molecule has 2 N–H and O–H groups in total. The van der Waals surface area contributed by atoms with Crippen LogP contribution in [0.2, 0.25) is 5.02 Å². The number of carbonyl (C=O) groups excluding carboxylic acids is 3. The molecule has 1 aromatic rings. The van der Waals surface area contributed by atoms with Gasteiger partial charge in [0.2, 0.25) is 6.41 Å². The van der Waals surface area contributed by atoms with Gasteiger partial charge in [0.15, 0.2) is 0 Å². The summed E-state index contributed by atoms with van der Waals surface area (Å²) in [6, 6.07) is 6.98. The van der Waals surface area contributed by atoms with Crippen LogP contribution in [0.3, 0.4) is 0 Å². The molecule has 1 heterocycles. The molecule has 0 saturated heterocycles. The Kier molecular flexibility index (Phi) is 8.89. The number of methoxy groups -OCH3 is 1. The third-order valence-corrected chi connectivity index (χ3v) is 4.83. The van der Waals surface area contributed by atoms with Crippen LogP contribution in [-0.4, -0.2) is 51.8 Å². The van der Waals surface area contributed by atoms with Gasteiger partial charge in [-0.1, -0.05) is 29.8 Å². The second-order valence-electron chi connectivity index (χ2n) is 6.35. The normalized spacial score (nSPS) is 16.1. The number of benzene rings is 1. The Balaban J connectivity index is 2.56. The quantitative estimate of drug-likeness (QED) is 0.328. The molecular weight excluding hydrogens is 412 g/mol. The first-order valence-electron chi connectivity index (χ1n) is 9.41. The van der Waals surface area contributed by atoms with E-state index >= 15 is 0 Å². The third-order valence-electron chi connectivity index (χ3n) is 4.48. The van der Waals surface area contributed by atoms with Crippen LogP contribution in [0.5, 0.6) is 0 Å². The van der Waals surface area contributed by atoms with Gasteiger partial charge >= 0.3 is 11.9 Å². The predicted octanol–water partition coefficient (Wildman–Crippen LogP) is 2.05. The minimum Gasteiger partial charge on any atom is -0.466 e. The molecule has 1 atom stereocenters. The Morgan fingerprint density at radius 3 is 2.60 bits per heavy atom. The van der Waals surface area contributed by atoms with Crippen molar-refractivity contribution < 1.29 is 28.6 Å². The van der Waals surface area contributed by atoms with E-state index in [0.29, 0.717) is 34.9 Å². The van der Waals surface area contributed by atoms with Gasteiger partial charge in [-0.3, -0.25) is 4.79 Å². The van der Waals surface area contributed by atoms with E-state index in [1.54, 1.807) is 38.1 Å².